The molecule has 0 atom stereocenters. The summed E-state index contributed by atoms with van der Waals surface area (Å²) in [7, 11) is 0. The average Bonchev–Trinajstić information content (AvgIpc) is 2.70. The van der Waals surface area contributed by atoms with E-state index in [1.807, 2.05) is 0 Å². The van der Waals surface area contributed by atoms with E-state index in [4.69, 9.17) is 9.15 Å². The van der Waals surface area contributed by atoms with Crippen LogP contribution in [0.4, 0.5) is 0 Å². The van der Waals surface area contributed by atoms with Gasteiger partial charge in [0.1, 0.15) is 6.26 Å². The quantitative estimate of drug-likeness (QED) is 0.623. The van der Waals surface area contributed by atoms with Crippen molar-refractivity contribution >= 4 is 21.8 Å². The summed E-state index contributed by atoms with van der Waals surface area (Å²) in [6.07, 6.45) is 2.88. The number of rotatable bonds is 6. The maximum atomic E-state index is 11.3. The van der Waals surface area contributed by atoms with Crippen molar-refractivity contribution in [1.82, 2.24) is 5.32 Å². The maximum absolute atomic E-state index is 11.3. The molecule has 0 bridgehead atoms. The van der Waals surface area contributed by atoms with E-state index in [1.165, 1.54) is 12.5 Å². The van der Waals surface area contributed by atoms with Crippen LogP contribution in [0.5, 0.6) is 0 Å². The van der Waals surface area contributed by atoms with Crippen LogP contribution >= 0.6 is 15.9 Å². The molecule has 14 heavy (non-hydrogen) atoms. The Labute approximate surface area is 90.7 Å². The lowest BCUT2D eigenvalue weighted by Crippen LogP contribution is -2.27. The highest BCUT2D eigenvalue weighted by Crippen LogP contribution is 1.98. The van der Waals surface area contributed by atoms with Crippen LogP contribution in [0.25, 0.3) is 0 Å². The van der Waals surface area contributed by atoms with Crippen LogP contribution in [0.15, 0.2) is 23.0 Å². The summed E-state index contributed by atoms with van der Waals surface area (Å²) in [5.74, 6) is -0.138. The predicted molar refractivity (Wildman–Crippen MR) is 55.7 cm³/mol. The van der Waals surface area contributed by atoms with Gasteiger partial charge in [0.15, 0.2) is 0 Å². The number of carbonyl (C=O) groups is 1. The molecule has 0 unspecified atom stereocenters. The largest absolute Gasteiger partial charge is 0.472 e. The van der Waals surface area contributed by atoms with Gasteiger partial charge >= 0.3 is 0 Å². The van der Waals surface area contributed by atoms with Crippen molar-refractivity contribution in [2.75, 3.05) is 25.1 Å². The van der Waals surface area contributed by atoms with Crippen LogP contribution in [0.1, 0.15) is 10.4 Å². The van der Waals surface area contributed by atoms with Gasteiger partial charge in [-0.2, -0.15) is 0 Å². The second kappa shape index (κ2) is 6.62. The van der Waals surface area contributed by atoms with E-state index in [1.54, 1.807) is 6.07 Å². The number of halogens is 1. The van der Waals surface area contributed by atoms with Crippen molar-refractivity contribution in [2.45, 2.75) is 0 Å². The van der Waals surface area contributed by atoms with Gasteiger partial charge in [-0.1, -0.05) is 15.9 Å². The van der Waals surface area contributed by atoms with Gasteiger partial charge in [-0.05, 0) is 6.07 Å². The smallest absolute Gasteiger partial charge is 0.254 e. The molecule has 0 aliphatic heterocycles. The van der Waals surface area contributed by atoms with E-state index in [0.29, 0.717) is 25.3 Å². The Kier molecular flexibility index (Phi) is 5.32. The first-order valence-electron chi connectivity index (χ1n) is 4.28. The number of nitrogens with one attached hydrogen (secondary N) is 1. The highest BCUT2D eigenvalue weighted by Gasteiger charge is 2.04. The van der Waals surface area contributed by atoms with E-state index in [0.717, 1.165) is 5.33 Å². The third kappa shape index (κ3) is 3.93. The Morgan fingerprint density at radius 1 is 1.57 bits per heavy atom. The minimum Gasteiger partial charge on any atom is -0.472 e. The summed E-state index contributed by atoms with van der Waals surface area (Å²) in [6.45, 7) is 1.69. The van der Waals surface area contributed by atoms with Gasteiger partial charge in [0.25, 0.3) is 5.91 Å². The third-order valence-electron chi connectivity index (χ3n) is 1.54. The van der Waals surface area contributed by atoms with Gasteiger partial charge in [0, 0.05) is 11.9 Å². The standard InChI is InChI=1S/C9H12BrNO3/c10-2-5-13-6-3-11-9(12)8-1-4-14-7-8/h1,4,7H,2-3,5-6H2,(H,11,12). The summed E-state index contributed by atoms with van der Waals surface area (Å²) < 4.78 is 9.95. The monoisotopic (exact) mass is 261 g/mol. The number of hydrogen-bond donors (Lipinski definition) is 1. The van der Waals surface area contributed by atoms with E-state index >= 15 is 0 Å². The lowest BCUT2D eigenvalue weighted by Gasteiger charge is -2.03. The van der Waals surface area contributed by atoms with Gasteiger partial charge in [-0.3, -0.25) is 4.79 Å². The van der Waals surface area contributed by atoms with E-state index in [9.17, 15) is 4.79 Å². The molecule has 1 aromatic rings. The number of hydrogen-bond acceptors (Lipinski definition) is 3. The topological polar surface area (TPSA) is 51.5 Å². The van der Waals surface area contributed by atoms with Gasteiger partial charge in [0.05, 0.1) is 25.0 Å². The Bertz CT molecular complexity index is 261. The molecule has 0 aliphatic rings. The van der Waals surface area contributed by atoms with Crippen molar-refractivity contribution < 1.29 is 13.9 Å². The van der Waals surface area contributed by atoms with Crippen molar-refractivity contribution in [2.24, 2.45) is 0 Å². The summed E-state index contributed by atoms with van der Waals surface area (Å²) >= 11 is 3.24. The van der Waals surface area contributed by atoms with Gasteiger partial charge in [-0.25, -0.2) is 0 Å². The molecule has 1 N–H and O–H groups in total. The Balaban J connectivity index is 2.10. The predicted octanol–water partition coefficient (Wildman–Crippen LogP) is 1.42. The van der Waals surface area contributed by atoms with Gasteiger partial charge in [0.2, 0.25) is 0 Å². The molecule has 0 spiro atoms. The SMILES string of the molecule is O=C(NCCOCCBr)c1ccoc1. The summed E-state index contributed by atoms with van der Waals surface area (Å²) in [6, 6.07) is 1.62. The molecule has 1 heterocycles. The molecule has 4 nitrogen and oxygen atoms in total. The third-order valence-corrected chi connectivity index (χ3v) is 1.86. The minimum absolute atomic E-state index is 0.138. The molecule has 1 amide bonds. The number of alkyl halides is 1. The summed E-state index contributed by atoms with van der Waals surface area (Å²) in [5.41, 5.74) is 0.533. The minimum atomic E-state index is -0.138. The lowest BCUT2D eigenvalue weighted by atomic mass is 10.3. The molecular formula is C9H12BrNO3. The molecule has 0 aliphatic carbocycles. The first kappa shape index (κ1) is 11.3. The van der Waals surface area contributed by atoms with Crippen LogP contribution in [0, 0.1) is 0 Å². The second-order valence-corrected chi connectivity index (χ2v) is 3.36. The van der Waals surface area contributed by atoms with E-state index in [-0.39, 0.29) is 5.91 Å². The fraction of sp³-hybridized carbons (Fsp3) is 0.444. The van der Waals surface area contributed by atoms with Crippen LogP contribution < -0.4 is 5.32 Å². The van der Waals surface area contributed by atoms with E-state index < -0.39 is 0 Å². The molecule has 78 valence electrons. The first-order chi connectivity index (χ1) is 6.84. The molecule has 5 heteroatoms. The number of ether oxygens (including phenoxy) is 1. The fourth-order valence-corrected chi connectivity index (χ4v) is 1.12. The first-order valence-corrected chi connectivity index (χ1v) is 5.41. The molecule has 0 radical (unpaired) electrons. The molecule has 0 saturated heterocycles. The van der Waals surface area contributed by atoms with Crippen molar-refractivity contribution in [3.05, 3.63) is 24.2 Å². The van der Waals surface area contributed by atoms with Crippen molar-refractivity contribution in [3.8, 4) is 0 Å². The maximum Gasteiger partial charge on any atom is 0.254 e. The Hall–Kier alpha value is -0.810. The zero-order chi connectivity index (χ0) is 10.2. The number of carbonyl (C=O) groups excluding carboxylic acids is 1. The van der Waals surface area contributed by atoms with Crippen LogP contribution in [0.3, 0.4) is 0 Å². The molecule has 0 saturated carbocycles. The normalized spacial score (nSPS) is 10.1. The van der Waals surface area contributed by atoms with Crippen LogP contribution in [0.2, 0.25) is 0 Å². The van der Waals surface area contributed by atoms with Crippen molar-refractivity contribution in [1.29, 1.82) is 0 Å². The number of furan rings is 1. The Morgan fingerprint density at radius 3 is 3.07 bits per heavy atom. The molecular weight excluding hydrogens is 250 g/mol. The Morgan fingerprint density at radius 2 is 2.43 bits per heavy atom. The summed E-state index contributed by atoms with van der Waals surface area (Å²) in [4.78, 5) is 11.3. The zero-order valence-electron chi connectivity index (χ0n) is 7.66. The molecule has 1 aromatic heterocycles. The molecule has 0 fully saturated rings. The van der Waals surface area contributed by atoms with Crippen molar-refractivity contribution in [3.63, 3.8) is 0 Å². The fourth-order valence-electron chi connectivity index (χ4n) is 0.889. The lowest BCUT2D eigenvalue weighted by molar-refractivity contribution is 0.0923. The number of amides is 1. The molecule has 1 rings (SSSR count). The summed E-state index contributed by atoms with van der Waals surface area (Å²) in [5, 5.41) is 3.51. The van der Waals surface area contributed by atoms with Crippen LogP contribution in [-0.2, 0) is 4.74 Å². The highest BCUT2D eigenvalue weighted by atomic mass is 79.9. The molecule has 0 aromatic carbocycles. The van der Waals surface area contributed by atoms with E-state index in [2.05, 4.69) is 21.2 Å². The second-order valence-electron chi connectivity index (χ2n) is 2.57. The highest BCUT2D eigenvalue weighted by molar-refractivity contribution is 9.09. The van der Waals surface area contributed by atoms with Gasteiger partial charge in [-0.15, -0.1) is 0 Å². The van der Waals surface area contributed by atoms with Crippen LogP contribution in [-0.4, -0.2) is 31.0 Å². The van der Waals surface area contributed by atoms with Gasteiger partial charge < -0.3 is 14.5 Å². The average molecular weight is 262 g/mol. The zero-order valence-corrected chi connectivity index (χ0v) is 9.25.